The van der Waals surface area contributed by atoms with Crippen LogP contribution in [-0.2, 0) is 9.53 Å². The molecular weight excluding hydrogens is 242 g/mol. The molecule has 0 aromatic heterocycles. The molecule has 5 N–H and O–H groups in total. The second kappa shape index (κ2) is 6.81. The summed E-state index contributed by atoms with van der Waals surface area (Å²) in [5, 5.41) is 40.2. The predicted molar refractivity (Wildman–Crippen MR) is 61.3 cm³/mol. The van der Waals surface area contributed by atoms with Crippen molar-refractivity contribution in [3.63, 3.8) is 0 Å². The van der Waals surface area contributed by atoms with E-state index in [0.29, 0.717) is 6.42 Å². The van der Waals surface area contributed by atoms with Gasteiger partial charge in [-0.3, -0.25) is 4.79 Å². The topological polar surface area (TPSA) is 119 Å². The summed E-state index contributed by atoms with van der Waals surface area (Å²) in [5.41, 5.74) is 0. The summed E-state index contributed by atoms with van der Waals surface area (Å²) in [6.07, 6.45) is -2.41. The van der Waals surface area contributed by atoms with E-state index in [9.17, 15) is 20.1 Å². The molecule has 0 bridgehead atoms. The highest BCUT2D eigenvalue weighted by atomic mass is 16.6. The van der Waals surface area contributed by atoms with Gasteiger partial charge >= 0.3 is 0 Å². The van der Waals surface area contributed by atoms with Crippen molar-refractivity contribution >= 4 is 5.91 Å². The Bertz CT molecular complexity index is 326. The van der Waals surface area contributed by atoms with Crippen LogP contribution in [0.25, 0.3) is 0 Å². The number of aliphatic hydroxyl groups is 4. The third kappa shape index (κ3) is 3.50. The molecule has 1 amide bonds. The van der Waals surface area contributed by atoms with Gasteiger partial charge in [-0.15, -0.1) is 0 Å². The van der Waals surface area contributed by atoms with Crippen molar-refractivity contribution in [1.29, 1.82) is 0 Å². The van der Waals surface area contributed by atoms with Gasteiger partial charge in [0.2, 0.25) is 5.91 Å². The Labute approximate surface area is 106 Å². The van der Waals surface area contributed by atoms with Gasteiger partial charge in [0.05, 0.1) is 6.61 Å². The molecule has 1 heterocycles. The lowest BCUT2D eigenvalue weighted by Gasteiger charge is -2.40. The molecule has 1 fully saturated rings. The Morgan fingerprint density at radius 3 is 2.78 bits per heavy atom. The number of carbonyl (C=O) groups is 1. The summed E-state index contributed by atoms with van der Waals surface area (Å²) >= 11 is 0. The predicted octanol–water partition coefficient (Wildman–Crippen LogP) is -2.13. The van der Waals surface area contributed by atoms with Gasteiger partial charge in [0, 0.05) is 1.37 Å². The van der Waals surface area contributed by atoms with Gasteiger partial charge in [-0.2, -0.15) is 0 Å². The molecule has 7 heteroatoms. The number of aliphatic hydroxyl groups excluding tert-OH is 4. The van der Waals surface area contributed by atoms with Gasteiger partial charge in [0.25, 0.3) is 0 Å². The molecule has 1 rings (SSSR count). The number of rotatable bonds is 4. The zero-order chi connectivity index (χ0) is 14.4. The van der Waals surface area contributed by atoms with E-state index in [-0.39, 0.29) is 6.90 Å². The minimum Gasteiger partial charge on any atom is -0.394 e. The molecular formula is C11H19NO6. The maximum Gasteiger partial charge on any atom is 0.244 e. The first kappa shape index (κ1) is 13.4. The van der Waals surface area contributed by atoms with Gasteiger partial charge in [-0.05, 0) is 12.5 Å². The van der Waals surface area contributed by atoms with Crippen LogP contribution in [0, 0.1) is 0 Å². The molecule has 1 saturated heterocycles. The molecule has 0 aromatic rings. The van der Waals surface area contributed by atoms with E-state index in [4.69, 9.17) is 11.2 Å². The quantitative estimate of drug-likeness (QED) is 0.369. The van der Waals surface area contributed by atoms with Crippen molar-refractivity contribution in [2.24, 2.45) is 0 Å². The van der Waals surface area contributed by atoms with Crippen LogP contribution in [0.3, 0.4) is 0 Å². The van der Waals surface area contributed by atoms with Crippen molar-refractivity contribution in [2.45, 2.75) is 44.0 Å². The Kier molecular flexibility index (Phi) is 5.09. The van der Waals surface area contributed by atoms with Crippen LogP contribution in [0.15, 0.2) is 12.2 Å². The van der Waals surface area contributed by atoms with Crippen LogP contribution >= 0.6 is 0 Å². The van der Waals surface area contributed by atoms with Crippen molar-refractivity contribution in [3.8, 4) is 0 Å². The van der Waals surface area contributed by atoms with Crippen LogP contribution < -0.4 is 5.32 Å². The third-order valence-electron chi connectivity index (χ3n) is 2.64. The van der Waals surface area contributed by atoms with E-state index in [1.807, 2.05) is 0 Å². The molecule has 0 radical (unpaired) electrons. The number of hydrogen-bond donors (Lipinski definition) is 5. The first-order valence-electron chi connectivity index (χ1n) is 6.28. The molecule has 7 nitrogen and oxygen atoms in total. The minimum absolute atomic E-state index is 0.151. The zero-order valence-electron chi connectivity index (χ0n) is 10.8. The van der Waals surface area contributed by atoms with Gasteiger partial charge in [-0.1, -0.05) is 13.0 Å². The summed E-state index contributed by atoms with van der Waals surface area (Å²) < 4.78 is 11.8. The minimum atomic E-state index is -1.52. The largest absolute Gasteiger partial charge is 0.394 e. The smallest absolute Gasteiger partial charge is 0.244 e. The average molecular weight is 262 g/mol. The maximum absolute atomic E-state index is 11.5. The monoisotopic (exact) mass is 262 g/mol. The summed E-state index contributed by atoms with van der Waals surface area (Å²) in [5.74, 6) is -0.574. The van der Waals surface area contributed by atoms with Crippen molar-refractivity contribution < 1.29 is 31.3 Å². The van der Waals surface area contributed by atoms with Crippen molar-refractivity contribution in [1.82, 2.24) is 5.32 Å². The third-order valence-corrected chi connectivity index (χ3v) is 2.64. The zero-order valence-corrected chi connectivity index (χ0v) is 9.77. The van der Waals surface area contributed by atoms with Crippen molar-refractivity contribution in [3.05, 3.63) is 12.2 Å². The molecule has 0 aromatic carbocycles. The number of nitrogens with one attached hydrogen (secondary N) is 1. The standard InChI is InChI=1S/C11H19NO6/c1-2-3-4-7(14)12-8-10(16)9(15)6(5-13)18-11(8)17/h3-4,6,8-11,13,15-17H,2,5H2,1H3,(H,12,14)/t6-,8-,9-,10-,11?/m1/s1/i1D. The van der Waals surface area contributed by atoms with E-state index >= 15 is 0 Å². The lowest BCUT2D eigenvalue weighted by molar-refractivity contribution is -0.253. The molecule has 1 aliphatic rings. The van der Waals surface area contributed by atoms with E-state index in [2.05, 4.69) is 5.32 Å². The normalized spacial score (nSPS) is 37.6. The van der Waals surface area contributed by atoms with Crippen molar-refractivity contribution in [2.75, 3.05) is 6.61 Å². The molecule has 0 aliphatic carbocycles. The lowest BCUT2D eigenvalue weighted by Crippen LogP contribution is -2.64. The van der Waals surface area contributed by atoms with Gasteiger partial charge in [0.1, 0.15) is 24.4 Å². The average Bonchev–Trinajstić information content (AvgIpc) is 2.39. The highest BCUT2D eigenvalue weighted by Crippen LogP contribution is 2.19. The molecule has 5 atom stereocenters. The first-order chi connectivity index (χ1) is 9.01. The first-order valence-corrected chi connectivity index (χ1v) is 5.58. The van der Waals surface area contributed by atoms with Crippen LogP contribution in [0.4, 0.5) is 0 Å². The molecule has 0 saturated carbocycles. The molecule has 1 aliphatic heterocycles. The number of amides is 1. The Hall–Kier alpha value is -0.990. The van der Waals surface area contributed by atoms with Gasteiger partial charge < -0.3 is 30.5 Å². The van der Waals surface area contributed by atoms with E-state index < -0.39 is 43.2 Å². The highest BCUT2D eigenvalue weighted by molar-refractivity contribution is 5.87. The fraction of sp³-hybridized carbons (Fsp3) is 0.727. The Balaban J connectivity index is 2.59. The number of carbonyl (C=O) groups excluding carboxylic acids is 1. The molecule has 104 valence electrons. The molecule has 0 spiro atoms. The maximum atomic E-state index is 11.5. The Morgan fingerprint density at radius 2 is 2.17 bits per heavy atom. The summed E-state index contributed by atoms with van der Waals surface area (Å²) in [4.78, 5) is 11.5. The van der Waals surface area contributed by atoms with E-state index in [0.717, 1.165) is 0 Å². The van der Waals surface area contributed by atoms with Gasteiger partial charge in [-0.25, -0.2) is 0 Å². The SMILES string of the molecule is [2H]CCC=CC(=O)N[C@H]1C(O)O[C@H](CO)[C@@H](O)[C@@H]1O. The second-order valence-corrected chi connectivity index (χ2v) is 3.95. The molecule has 1 unspecified atom stereocenters. The van der Waals surface area contributed by atoms with Crippen LogP contribution in [0.2, 0.25) is 0 Å². The number of ether oxygens (including phenoxy) is 1. The van der Waals surface area contributed by atoms with Crippen LogP contribution in [-0.4, -0.2) is 63.6 Å². The number of allylic oxidation sites excluding steroid dienone is 1. The van der Waals surface area contributed by atoms with Crippen LogP contribution in [0.1, 0.15) is 14.7 Å². The van der Waals surface area contributed by atoms with E-state index in [1.54, 1.807) is 0 Å². The fourth-order valence-electron chi connectivity index (χ4n) is 1.66. The summed E-state index contributed by atoms with van der Waals surface area (Å²) in [6.45, 7) is -0.405. The van der Waals surface area contributed by atoms with Crippen LogP contribution in [0.5, 0.6) is 0 Å². The fourth-order valence-corrected chi connectivity index (χ4v) is 1.66. The van der Waals surface area contributed by atoms with Gasteiger partial charge in [0.15, 0.2) is 6.29 Å². The Morgan fingerprint density at radius 1 is 1.44 bits per heavy atom. The van der Waals surface area contributed by atoms with E-state index in [1.165, 1.54) is 12.2 Å². The highest BCUT2D eigenvalue weighted by Gasteiger charge is 2.43. The number of hydrogen-bond acceptors (Lipinski definition) is 6. The molecule has 18 heavy (non-hydrogen) atoms. The summed E-state index contributed by atoms with van der Waals surface area (Å²) in [6, 6.07) is -1.19. The lowest BCUT2D eigenvalue weighted by atomic mass is 9.97. The second-order valence-electron chi connectivity index (χ2n) is 3.95. The summed E-state index contributed by atoms with van der Waals surface area (Å²) in [7, 11) is 0.